The molecule has 0 spiro atoms. The van der Waals surface area contributed by atoms with Crippen molar-refractivity contribution in [2.75, 3.05) is 44.8 Å². The fourth-order valence-electron chi connectivity index (χ4n) is 4.06. The Labute approximate surface area is 202 Å². The van der Waals surface area contributed by atoms with E-state index in [1.54, 1.807) is 6.92 Å². The topological polar surface area (TPSA) is 141 Å². The summed E-state index contributed by atoms with van der Waals surface area (Å²) in [7, 11) is 0. The van der Waals surface area contributed by atoms with Gasteiger partial charge in [0, 0.05) is 25.7 Å². The van der Waals surface area contributed by atoms with Crippen LogP contribution in [0.1, 0.15) is 32.6 Å². The maximum absolute atomic E-state index is 11.6. The minimum Gasteiger partial charge on any atom is -0.474 e. The average Bonchev–Trinajstić information content (AvgIpc) is 3.24. The Bertz CT molecular complexity index is 893. The fourth-order valence-corrected chi connectivity index (χ4v) is 4.35. The summed E-state index contributed by atoms with van der Waals surface area (Å²) in [5.74, 6) is 0.160. The van der Waals surface area contributed by atoms with Crippen LogP contribution in [0.5, 0.6) is 0 Å². The number of nitrogens with zero attached hydrogens (tertiary/aromatic N) is 5. The van der Waals surface area contributed by atoms with Gasteiger partial charge in [-0.1, -0.05) is 11.6 Å². The Hall–Kier alpha value is -2.21. The number of anilines is 1. The summed E-state index contributed by atoms with van der Waals surface area (Å²) < 4.78 is 10.9. The fraction of sp³-hybridized carbons (Fsp3) is 0.650. The first-order valence-corrected chi connectivity index (χ1v) is 11.7. The van der Waals surface area contributed by atoms with Crippen molar-refractivity contribution in [2.24, 2.45) is 10.7 Å². The third kappa shape index (κ3) is 7.39. The Morgan fingerprint density at radius 1 is 1.42 bits per heavy atom. The highest BCUT2D eigenvalue weighted by Crippen LogP contribution is 2.28. The van der Waals surface area contributed by atoms with Crippen molar-refractivity contribution in [2.45, 2.75) is 44.7 Å². The second kappa shape index (κ2) is 12.3. The van der Waals surface area contributed by atoms with E-state index in [0.717, 1.165) is 45.6 Å². The van der Waals surface area contributed by atoms with Crippen LogP contribution >= 0.6 is 23.2 Å². The molecule has 13 heteroatoms. The van der Waals surface area contributed by atoms with E-state index in [1.165, 1.54) is 6.20 Å². The molecule has 1 aliphatic heterocycles. The third-order valence-electron chi connectivity index (χ3n) is 5.66. The van der Waals surface area contributed by atoms with Gasteiger partial charge in [0.05, 0.1) is 37.0 Å². The number of allylic oxidation sites excluding steroid dienone is 1. The van der Waals surface area contributed by atoms with Crippen molar-refractivity contribution in [1.82, 2.24) is 14.9 Å². The Morgan fingerprint density at radius 2 is 2.18 bits per heavy atom. The van der Waals surface area contributed by atoms with Crippen LogP contribution < -0.4 is 11.1 Å². The molecule has 2 fully saturated rings. The van der Waals surface area contributed by atoms with Gasteiger partial charge in [0.25, 0.3) is 5.88 Å². The van der Waals surface area contributed by atoms with Crippen molar-refractivity contribution >= 4 is 34.7 Å². The van der Waals surface area contributed by atoms with E-state index in [-0.39, 0.29) is 35.2 Å². The number of halogens is 2. The lowest BCUT2D eigenvalue weighted by atomic mass is 10.2. The molecule has 0 amide bonds. The van der Waals surface area contributed by atoms with Gasteiger partial charge in [-0.15, -0.1) is 0 Å². The highest BCUT2D eigenvalue weighted by molar-refractivity contribution is 6.33. The van der Waals surface area contributed by atoms with E-state index in [9.17, 15) is 10.1 Å². The van der Waals surface area contributed by atoms with Crippen LogP contribution in [0.15, 0.2) is 22.8 Å². The summed E-state index contributed by atoms with van der Waals surface area (Å²) in [5, 5.41) is 15.1. The summed E-state index contributed by atoms with van der Waals surface area (Å²) >= 11 is 11.7. The van der Waals surface area contributed by atoms with Crippen molar-refractivity contribution in [1.29, 1.82) is 0 Å². The summed E-state index contributed by atoms with van der Waals surface area (Å²) in [5.41, 5.74) is 5.90. The molecule has 0 aromatic carbocycles. The molecule has 2 aliphatic rings. The zero-order valence-electron chi connectivity index (χ0n) is 18.5. The minimum absolute atomic E-state index is 0.0363. The summed E-state index contributed by atoms with van der Waals surface area (Å²) in [6.45, 7) is 5.58. The molecule has 1 saturated carbocycles. The van der Waals surface area contributed by atoms with E-state index in [1.807, 2.05) is 0 Å². The molecule has 33 heavy (non-hydrogen) atoms. The first kappa shape index (κ1) is 25.4. The normalized spacial score (nSPS) is 22.7. The lowest BCUT2D eigenvalue weighted by Crippen LogP contribution is -2.42. The van der Waals surface area contributed by atoms with Crippen LogP contribution in [-0.2, 0) is 9.47 Å². The van der Waals surface area contributed by atoms with Gasteiger partial charge >= 0.3 is 5.70 Å². The van der Waals surface area contributed by atoms with Crippen molar-refractivity contribution in [3.8, 4) is 0 Å². The zero-order valence-corrected chi connectivity index (χ0v) is 20.0. The molecular formula is C20H29Cl2N7O4. The van der Waals surface area contributed by atoms with Crippen LogP contribution in [0.2, 0.25) is 10.3 Å². The molecule has 1 aromatic heterocycles. The first-order chi connectivity index (χ1) is 15.8. The number of morpholine rings is 1. The maximum Gasteiger partial charge on any atom is 0.348 e. The number of hydrogen-bond donors (Lipinski definition) is 2. The second-order valence-corrected chi connectivity index (χ2v) is 8.66. The molecule has 2 unspecified atom stereocenters. The number of aromatic nitrogens is 2. The molecule has 0 radical (unpaired) electrons. The summed E-state index contributed by atoms with van der Waals surface area (Å²) in [6, 6.07) is 0.479. The molecule has 11 nitrogen and oxygen atoms in total. The SMILES string of the molecule is CC(=NC1CCC(N2CCOCC2)C1)C(=C(N)OCCCNc1nc(Cl)ncc1Cl)[N+](=O)[O-]. The number of nitrogens with one attached hydrogen (secondary N) is 1. The van der Waals surface area contributed by atoms with Crippen molar-refractivity contribution in [3.05, 3.63) is 38.2 Å². The number of aliphatic imine (C=N–C) groups is 1. The standard InChI is InChI=1S/C20H29Cl2N7O4/c1-13(26-14-3-4-15(11-14)28-6-9-32-10-7-28)17(29(30)31)18(23)33-8-2-5-24-19-16(21)12-25-20(22)27-19/h12,14-15H,2-11,23H2,1H3,(H,24,25,27). The summed E-state index contributed by atoms with van der Waals surface area (Å²) in [4.78, 5) is 25.9. The van der Waals surface area contributed by atoms with Gasteiger partial charge in [0.1, 0.15) is 16.6 Å². The molecule has 1 aliphatic carbocycles. The van der Waals surface area contributed by atoms with Gasteiger partial charge in [0.15, 0.2) is 0 Å². The molecule has 2 atom stereocenters. The van der Waals surface area contributed by atoms with Crippen LogP contribution in [0.4, 0.5) is 5.82 Å². The highest BCUT2D eigenvalue weighted by atomic mass is 35.5. The van der Waals surface area contributed by atoms with Gasteiger partial charge in [-0.25, -0.2) is 4.98 Å². The van der Waals surface area contributed by atoms with Crippen LogP contribution in [-0.4, -0.2) is 77.0 Å². The Balaban J connectivity index is 1.51. The van der Waals surface area contributed by atoms with E-state index >= 15 is 0 Å². The molecule has 0 bridgehead atoms. The van der Waals surface area contributed by atoms with Gasteiger partial charge in [-0.05, 0) is 44.2 Å². The van der Waals surface area contributed by atoms with Gasteiger partial charge in [-0.3, -0.25) is 20.0 Å². The predicted molar refractivity (Wildman–Crippen MR) is 126 cm³/mol. The molecular weight excluding hydrogens is 473 g/mol. The number of nitro groups is 1. The number of hydrogen-bond acceptors (Lipinski definition) is 10. The predicted octanol–water partition coefficient (Wildman–Crippen LogP) is 2.72. The number of nitrogens with two attached hydrogens (primary N) is 1. The van der Waals surface area contributed by atoms with E-state index in [0.29, 0.717) is 29.8 Å². The van der Waals surface area contributed by atoms with E-state index in [4.69, 9.17) is 38.4 Å². The smallest absolute Gasteiger partial charge is 0.348 e. The number of ether oxygens (including phenoxy) is 2. The Kier molecular flexibility index (Phi) is 9.48. The molecule has 3 N–H and O–H groups in total. The second-order valence-electron chi connectivity index (χ2n) is 7.92. The van der Waals surface area contributed by atoms with Crippen LogP contribution in [0.25, 0.3) is 0 Å². The van der Waals surface area contributed by atoms with Crippen LogP contribution in [0, 0.1) is 10.1 Å². The van der Waals surface area contributed by atoms with Gasteiger partial charge in [0.2, 0.25) is 5.28 Å². The summed E-state index contributed by atoms with van der Waals surface area (Å²) in [6.07, 6.45) is 4.70. The molecule has 2 heterocycles. The Morgan fingerprint density at radius 3 is 2.91 bits per heavy atom. The third-order valence-corrected chi connectivity index (χ3v) is 6.12. The maximum atomic E-state index is 11.6. The van der Waals surface area contributed by atoms with Gasteiger partial charge in [-0.2, -0.15) is 4.98 Å². The quantitative estimate of drug-likeness (QED) is 0.123. The lowest BCUT2D eigenvalue weighted by molar-refractivity contribution is -0.418. The van der Waals surface area contributed by atoms with Crippen molar-refractivity contribution < 1.29 is 14.4 Å². The van der Waals surface area contributed by atoms with Gasteiger partial charge < -0.3 is 20.5 Å². The highest BCUT2D eigenvalue weighted by Gasteiger charge is 2.31. The average molecular weight is 502 g/mol. The van der Waals surface area contributed by atoms with Crippen molar-refractivity contribution in [3.63, 3.8) is 0 Å². The number of rotatable bonds is 10. The molecule has 1 saturated heterocycles. The largest absolute Gasteiger partial charge is 0.474 e. The molecule has 1 aromatic rings. The lowest BCUT2D eigenvalue weighted by Gasteiger charge is -2.32. The van der Waals surface area contributed by atoms with E-state index < -0.39 is 4.92 Å². The molecule has 3 rings (SSSR count). The van der Waals surface area contributed by atoms with Crippen LogP contribution in [0.3, 0.4) is 0 Å². The molecule has 182 valence electrons. The zero-order chi connectivity index (χ0) is 23.8. The minimum atomic E-state index is -0.538. The van der Waals surface area contributed by atoms with E-state index in [2.05, 4.69) is 25.2 Å². The monoisotopic (exact) mass is 501 g/mol. The first-order valence-electron chi connectivity index (χ1n) is 10.9.